The van der Waals surface area contributed by atoms with Crippen LogP contribution >= 0.6 is 0 Å². The van der Waals surface area contributed by atoms with Gasteiger partial charge in [-0.2, -0.15) is 0 Å². The number of nitrogens with one attached hydrogen (secondary N) is 1. The largest absolute Gasteiger partial charge is 1.00 e. The molecule has 0 spiro atoms. The second-order valence-electron chi connectivity index (χ2n) is 5.63. The van der Waals surface area contributed by atoms with Gasteiger partial charge in [0.25, 0.3) is 0 Å². The number of halogens is 1. The number of benzene rings is 2. The summed E-state index contributed by atoms with van der Waals surface area (Å²) in [5.41, 5.74) is 2.19. The summed E-state index contributed by atoms with van der Waals surface area (Å²) in [5.74, 6) is 2.48. The molecule has 1 heterocycles. The maximum atomic E-state index is 6.11. The lowest BCUT2D eigenvalue weighted by Gasteiger charge is -2.16. The topological polar surface area (TPSA) is 43.6 Å². The Hall–Kier alpha value is -2.43. The molecule has 0 unspecified atom stereocenters. The molecular weight excluding hydrogens is 350 g/mol. The monoisotopic (exact) mass is 372 g/mol. The molecule has 0 fully saturated rings. The van der Waals surface area contributed by atoms with Crippen LogP contribution in [0.25, 0.3) is 0 Å². The minimum absolute atomic E-state index is 0. The molecule has 0 saturated carbocycles. The molecule has 1 aromatic heterocycles. The fourth-order valence-electron chi connectivity index (χ4n) is 2.60. The Balaban J connectivity index is 0.00000243. The van der Waals surface area contributed by atoms with Crippen molar-refractivity contribution < 1.29 is 26.3 Å². The second kappa shape index (κ2) is 10.5. The summed E-state index contributed by atoms with van der Waals surface area (Å²) in [7, 11) is 0. The summed E-state index contributed by atoms with van der Waals surface area (Å²) in [6.07, 6.45) is 1.68. The van der Waals surface area contributed by atoms with Crippen LogP contribution in [0.2, 0.25) is 0 Å². The number of furan rings is 1. The third-order valence-corrected chi connectivity index (χ3v) is 3.78. The fraction of sp³-hybridized carbons (Fsp3) is 0.238. The zero-order valence-electron chi connectivity index (χ0n) is 14.8. The molecule has 0 aliphatic heterocycles. The van der Waals surface area contributed by atoms with Crippen molar-refractivity contribution >= 4 is 0 Å². The highest BCUT2D eigenvalue weighted by molar-refractivity contribution is 5.46. The lowest BCUT2D eigenvalue weighted by molar-refractivity contribution is -0.00000634. The van der Waals surface area contributed by atoms with Gasteiger partial charge in [-0.05, 0) is 30.7 Å². The maximum absolute atomic E-state index is 6.11. The zero-order chi connectivity index (χ0) is 17.3. The number of hydrogen-bond acceptors (Lipinski definition) is 4. The summed E-state index contributed by atoms with van der Waals surface area (Å²) in [5, 5.41) is 3.38. The van der Waals surface area contributed by atoms with Crippen molar-refractivity contribution in [2.24, 2.45) is 0 Å². The molecule has 0 atom stereocenters. The molecule has 4 nitrogen and oxygen atoms in total. The Bertz CT molecular complexity index is 760. The molecule has 0 radical (unpaired) electrons. The van der Waals surface area contributed by atoms with Crippen LogP contribution in [0.3, 0.4) is 0 Å². The molecule has 0 saturated heterocycles. The number of ether oxygens (including phenoxy) is 2. The predicted molar refractivity (Wildman–Crippen MR) is 97.6 cm³/mol. The molecule has 3 aromatic rings. The average molecular weight is 373 g/mol. The molecule has 3 rings (SSSR count). The smallest absolute Gasteiger partial charge is 0.166 e. The van der Waals surface area contributed by atoms with Crippen molar-refractivity contribution in [3.05, 3.63) is 83.8 Å². The van der Waals surface area contributed by atoms with E-state index in [9.17, 15) is 0 Å². The summed E-state index contributed by atoms with van der Waals surface area (Å²) in [6.45, 7) is 4.43. The van der Waals surface area contributed by atoms with E-state index in [0.29, 0.717) is 26.3 Å². The second-order valence-corrected chi connectivity index (χ2v) is 5.63. The third-order valence-electron chi connectivity index (χ3n) is 3.78. The van der Waals surface area contributed by atoms with E-state index in [0.717, 1.165) is 28.4 Å². The molecule has 2 aromatic carbocycles. The average Bonchev–Trinajstić information content (AvgIpc) is 3.16. The number of hydrogen-bond donors (Lipinski definition) is 1. The van der Waals surface area contributed by atoms with E-state index in [1.54, 1.807) is 6.26 Å². The molecule has 138 valence electrons. The lowest BCUT2D eigenvalue weighted by Crippen LogP contribution is -3.00. The van der Waals surface area contributed by atoms with E-state index >= 15 is 0 Å². The SMILES string of the molecule is CCOc1cccc(CNCc2ccco2)c1OCc1ccccc1.[Cl-]. The van der Waals surface area contributed by atoms with Gasteiger partial charge in [0.15, 0.2) is 11.5 Å². The first kappa shape index (κ1) is 19.9. The summed E-state index contributed by atoms with van der Waals surface area (Å²) in [4.78, 5) is 0. The lowest BCUT2D eigenvalue weighted by atomic mass is 10.1. The number of rotatable bonds is 9. The molecular formula is C21H23ClNO3-. The van der Waals surface area contributed by atoms with E-state index in [1.165, 1.54) is 0 Å². The van der Waals surface area contributed by atoms with Crippen molar-refractivity contribution in [1.29, 1.82) is 0 Å². The Kier molecular flexibility index (Phi) is 8.06. The summed E-state index contributed by atoms with van der Waals surface area (Å²) < 4.78 is 17.2. The Morgan fingerprint density at radius 2 is 1.73 bits per heavy atom. The van der Waals surface area contributed by atoms with E-state index in [-0.39, 0.29) is 12.4 Å². The van der Waals surface area contributed by atoms with Crippen molar-refractivity contribution in [2.75, 3.05) is 6.61 Å². The summed E-state index contributed by atoms with van der Waals surface area (Å²) in [6, 6.07) is 20.0. The van der Waals surface area contributed by atoms with Crippen LogP contribution in [0.4, 0.5) is 0 Å². The molecule has 26 heavy (non-hydrogen) atoms. The highest BCUT2D eigenvalue weighted by Crippen LogP contribution is 2.32. The predicted octanol–water partition coefficient (Wildman–Crippen LogP) is 1.55. The molecule has 0 aliphatic carbocycles. The fourth-order valence-corrected chi connectivity index (χ4v) is 2.60. The van der Waals surface area contributed by atoms with Gasteiger partial charge in [0.1, 0.15) is 12.4 Å². The van der Waals surface area contributed by atoms with E-state index in [4.69, 9.17) is 13.9 Å². The van der Waals surface area contributed by atoms with Crippen LogP contribution in [0.1, 0.15) is 23.8 Å². The normalized spacial score (nSPS) is 10.2. The van der Waals surface area contributed by atoms with Crippen molar-refractivity contribution in [2.45, 2.75) is 26.6 Å². The van der Waals surface area contributed by atoms with Gasteiger partial charge in [-0.15, -0.1) is 0 Å². The van der Waals surface area contributed by atoms with Crippen LogP contribution in [0.5, 0.6) is 11.5 Å². The Morgan fingerprint density at radius 3 is 2.46 bits per heavy atom. The van der Waals surface area contributed by atoms with E-state index < -0.39 is 0 Å². The van der Waals surface area contributed by atoms with Crippen LogP contribution in [0, 0.1) is 0 Å². The first-order valence-corrected chi connectivity index (χ1v) is 8.51. The molecule has 1 N–H and O–H groups in total. The van der Waals surface area contributed by atoms with Gasteiger partial charge in [0.2, 0.25) is 0 Å². The Morgan fingerprint density at radius 1 is 0.885 bits per heavy atom. The van der Waals surface area contributed by atoms with Crippen LogP contribution in [0.15, 0.2) is 71.3 Å². The van der Waals surface area contributed by atoms with Crippen molar-refractivity contribution in [3.63, 3.8) is 0 Å². The minimum atomic E-state index is 0. The minimum Gasteiger partial charge on any atom is -1.00 e. The van der Waals surface area contributed by atoms with Crippen molar-refractivity contribution in [3.8, 4) is 11.5 Å². The van der Waals surface area contributed by atoms with Gasteiger partial charge in [-0.1, -0.05) is 42.5 Å². The maximum Gasteiger partial charge on any atom is 0.166 e. The van der Waals surface area contributed by atoms with Gasteiger partial charge in [0, 0.05) is 12.1 Å². The highest BCUT2D eigenvalue weighted by Gasteiger charge is 2.11. The van der Waals surface area contributed by atoms with E-state index in [1.807, 2.05) is 49.4 Å². The standard InChI is InChI=1S/C21H23NO3.ClH/c1-2-23-20-12-6-10-18(14-22-15-19-11-7-13-24-19)21(20)25-16-17-8-4-3-5-9-17;/h3-13,22H,2,14-16H2,1H3;1H/p-1. The zero-order valence-corrected chi connectivity index (χ0v) is 15.5. The Labute approximate surface area is 160 Å². The molecule has 5 heteroatoms. The molecule has 0 aliphatic rings. The quantitative estimate of drug-likeness (QED) is 0.619. The van der Waals surface area contributed by atoms with Crippen LogP contribution in [-0.2, 0) is 19.7 Å². The first-order chi connectivity index (χ1) is 12.4. The van der Waals surface area contributed by atoms with Crippen LogP contribution in [-0.4, -0.2) is 6.61 Å². The van der Waals surface area contributed by atoms with Gasteiger partial charge >= 0.3 is 0 Å². The van der Waals surface area contributed by atoms with Gasteiger partial charge in [0.05, 0.1) is 19.4 Å². The van der Waals surface area contributed by atoms with E-state index in [2.05, 4.69) is 23.5 Å². The van der Waals surface area contributed by atoms with Gasteiger partial charge in [-0.3, -0.25) is 0 Å². The highest BCUT2D eigenvalue weighted by atomic mass is 35.5. The van der Waals surface area contributed by atoms with Crippen molar-refractivity contribution in [1.82, 2.24) is 5.32 Å². The third kappa shape index (κ3) is 5.55. The molecule has 0 amide bonds. The summed E-state index contributed by atoms with van der Waals surface area (Å²) >= 11 is 0. The van der Waals surface area contributed by atoms with Gasteiger partial charge in [-0.25, -0.2) is 0 Å². The van der Waals surface area contributed by atoms with Crippen LogP contribution < -0.4 is 27.2 Å². The number of para-hydroxylation sites is 1. The molecule has 0 bridgehead atoms. The van der Waals surface area contributed by atoms with Gasteiger partial charge < -0.3 is 31.6 Å². The first-order valence-electron chi connectivity index (χ1n) is 8.51.